The van der Waals surface area contributed by atoms with Crippen molar-refractivity contribution in [2.75, 3.05) is 7.05 Å². The highest BCUT2D eigenvalue weighted by Crippen LogP contribution is 2.18. The van der Waals surface area contributed by atoms with Crippen molar-refractivity contribution in [3.63, 3.8) is 0 Å². The van der Waals surface area contributed by atoms with Crippen molar-refractivity contribution < 1.29 is 9.32 Å². The molecule has 6 heteroatoms. The van der Waals surface area contributed by atoms with Gasteiger partial charge in [0.05, 0.1) is 11.6 Å². The van der Waals surface area contributed by atoms with Gasteiger partial charge in [-0.3, -0.25) is 4.79 Å². The van der Waals surface area contributed by atoms with Crippen LogP contribution < -0.4 is 5.32 Å². The van der Waals surface area contributed by atoms with Crippen LogP contribution in [-0.4, -0.2) is 23.1 Å². The number of amides is 1. The fraction of sp³-hybridized carbons (Fsp3) is 0.0909. The Kier molecular flexibility index (Phi) is 2.83. The molecule has 1 aromatic heterocycles. The summed E-state index contributed by atoms with van der Waals surface area (Å²) in [5, 5.41) is 14.7. The maximum absolute atomic E-state index is 11.2. The van der Waals surface area contributed by atoms with Gasteiger partial charge in [-0.2, -0.15) is 10.2 Å². The summed E-state index contributed by atoms with van der Waals surface area (Å²) >= 11 is 0. The maximum Gasteiger partial charge on any atom is 0.292 e. The van der Waals surface area contributed by atoms with Crippen molar-refractivity contribution in [3.05, 3.63) is 35.7 Å². The zero-order chi connectivity index (χ0) is 12.3. The molecule has 1 heterocycles. The molecule has 0 radical (unpaired) electrons. The molecule has 84 valence electrons. The minimum atomic E-state index is -0.420. The fourth-order valence-corrected chi connectivity index (χ4v) is 1.27. The van der Waals surface area contributed by atoms with Gasteiger partial charge in [-0.15, -0.1) is 0 Å². The summed E-state index contributed by atoms with van der Waals surface area (Å²) in [5.74, 6) is -0.248. The highest BCUT2D eigenvalue weighted by atomic mass is 16.5. The van der Waals surface area contributed by atoms with Gasteiger partial charge in [0, 0.05) is 12.6 Å². The number of carbonyl (C=O) groups excluding carboxylic acids is 1. The van der Waals surface area contributed by atoms with E-state index in [0.717, 1.165) is 0 Å². The van der Waals surface area contributed by atoms with Crippen molar-refractivity contribution in [2.24, 2.45) is 0 Å². The zero-order valence-corrected chi connectivity index (χ0v) is 8.97. The first-order valence-electron chi connectivity index (χ1n) is 4.81. The fourth-order valence-electron chi connectivity index (χ4n) is 1.27. The molecule has 2 rings (SSSR count). The van der Waals surface area contributed by atoms with Crippen molar-refractivity contribution in [2.45, 2.75) is 0 Å². The monoisotopic (exact) mass is 228 g/mol. The Balaban J connectivity index is 2.37. The molecule has 2 aromatic rings. The molecule has 0 aliphatic carbocycles. The van der Waals surface area contributed by atoms with E-state index in [-0.39, 0.29) is 11.7 Å². The van der Waals surface area contributed by atoms with E-state index in [1.165, 1.54) is 7.05 Å². The average Bonchev–Trinajstić information content (AvgIpc) is 2.87. The number of nitriles is 1. The van der Waals surface area contributed by atoms with E-state index in [4.69, 9.17) is 9.78 Å². The Bertz CT molecular complexity index is 598. The third-order valence-corrected chi connectivity index (χ3v) is 2.09. The topological polar surface area (TPSA) is 91.8 Å². The van der Waals surface area contributed by atoms with Crippen molar-refractivity contribution in [1.82, 2.24) is 15.5 Å². The Labute approximate surface area is 96.9 Å². The molecule has 17 heavy (non-hydrogen) atoms. The molecule has 0 unspecified atom stereocenters. The Morgan fingerprint density at radius 1 is 1.53 bits per heavy atom. The lowest BCUT2D eigenvalue weighted by Gasteiger charge is -1.93. The predicted octanol–water partition coefficient (Wildman–Crippen LogP) is 0.968. The second kappa shape index (κ2) is 4.45. The summed E-state index contributed by atoms with van der Waals surface area (Å²) < 4.78 is 4.94. The summed E-state index contributed by atoms with van der Waals surface area (Å²) in [6, 6.07) is 8.72. The quantitative estimate of drug-likeness (QED) is 0.826. The molecular weight excluding hydrogens is 220 g/mol. The van der Waals surface area contributed by atoms with Crippen LogP contribution in [0.4, 0.5) is 0 Å². The van der Waals surface area contributed by atoms with Gasteiger partial charge in [-0.1, -0.05) is 11.2 Å². The SMILES string of the molecule is CNC(=O)c1noc(-c2cccc(C#N)c2)n1. The molecule has 0 aliphatic heterocycles. The summed E-state index contributed by atoms with van der Waals surface area (Å²) in [6.45, 7) is 0. The normalized spacial score (nSPS) is 9.65. The number of nitrogens with zero attached hydrogens (tertiary/aromatic N) is 3. The van der Waals surface area contributed by atoms with Crippen LogP contribution in [0, 0.1) is 11.3 Å². The Morgan fingerprint density at radius 2 is 2.35 bits per heavy atom. The van der Waals surface area contributed by atoms with E-state index in [2.05, 4.69) is 15.5 Å². The first-order valence-corrected chi connectivity index (χ1v) is 4.81. The molecule has 1 amide bonds. The molecule has 6 nitrogen and oxygen atoms in total. The third-order valence-electron chi connectivity index (χ3n) is 2.09. The second-order valence-electron chi connectivity index (χ2n) is 3.19. The standard InChI is InChI=1S/C11H8N4O2/c1-13-10(16)9-14-11(17-15-9)8-4-2-3-7(5-8)6-12/h2-5H,1H3,(H,13,16). The van der Waals surface area contributed by atoms with Crippen LogP contribution in [0.2, 0.25) is 0 Å². The van der Waals surface area contributed by atoms with E-state index in [1.807, 2.05) is 6.07 Å². The smallest absolute Gasteiger partial charge is 0.292 e. The molecular formula is C11H8N4O2. The summed E-state index contributed by atoms with van der Waals surface area (Å²) in [7, 11) is 1.48. The van der Waals surface area contributed by atoms with Crippen molar-refractivity contribution >= 4 is 5.91 Å². The number of hydrogen-bond acceptors (Lipinski definition) is 5. The number of aromatic nitrogens is 2. The van der Waals surface area contributed by atoms with Crippen LogP contribution >= 0.6 is 0 Å². The summed E-state index contributed by atoms with van der Waals surface area (Å²) in [5.41, 5.74) is 1.09. The van der Waals surface area contributed by atoms with Crippen LogP contribution in [0.1, 0.15) is 16.2 Å². The lowest BCUT2D eigenvalue weighted by Crippen LogP contribution is -2.19. The first-order chi connectivity index (χ1) is 8.24. The van der Waals surface area contributed by atoms with Gasteiger partial charge in [-0.05, 0) is 18.2 Å². The predicted molar refractivity (Wildman–Crippen MR) is 57.8 cm³/mol. The van der Waals surface area contributed by atoms with Crippen LogP contribution in [0.5, 0.6) is 0 Å². The minimum Gasteiger partial charge on any atom is -0.352 e. The van der Waals surface area contributed by atoms with Gasteiger partial charge in [0.1, 0.15) is 0 Å². The zero-order valence-electron chi connectivity index (χ0n) is 8.97. The number of carbonyl (C=O) groups is 1. The molecule has 0 fully saturated rings. The molecule has 0 bridgehead atoms. The van der Waals surface area contributed by atoms with E-state index in [9.17, 15) is 4.79 Å². The molecule has 0 saturated carbocycles. The van der Waals surface area contributed by atoms with Crippen LogP contribution in [0.3, 0.4) is 0 Å². The number of hydrogen-bond donors (Lipinski definition) is 1. The Hall–Kier alpha value is -2.68. The molecule has 0 aliphatic rings. The van der Waals surface area contributed by atoms with Gasteiger partial charge in [0.15, 0.2) is 0 Å². The van der Waals surface area contributed by atoms with Gasteiger partial charge in [0.2, 0.25) is 0 Å². The van der Waals surface area contributed by atoms with Crippen LogP contribution in [0.25, 0.3) is 11.5 Å². The first kappa shape index (κ1) is 10.8. The molecule has 1 N–H and O–H groups in total. The van der Waals surface area contributed by atoms with E-state index in [0.29, 0.717) is 11.1 Å². The van der Waals surface area contributed by atoms with Gasteiger partial charge in [-0.25, -0.2) is 0 Å². The largest absolute Gasteiger partial charge is 0.352 e. The lowest BCUT2D eigenvalue weighted by molar-refractivity contribution is 0.0950. The van der Waals surface area contributed by atoms with Gasteiger partial charge < -0.3 is 9.84 Å². The summed E-state index contributed by atoms with van der Waals surface area (Å²) in [4.78, 5) is 15.2. The highest BCUT2D eigenvalue weighted by Gasteiger charge is 2.14. The molecule has 0 saturated heterocycles. The van der Waals surface area contributed by atoms with E-state index < -0.39 is 5.91 Å². The van der Waals surface area contributed by atoms with Gasteiger partial charge in [0.25, 0.3) is 17.6 Å². The average molecular weight is 228 g/mol. The van der Waals surface area contributed by atoms with Gasteiger partial charge >= 0.3 is 0 Å². The lowest BCUT2D eigenvalue weighted by atomic mass is 10.1. The summed E-state index contributed by atoms with van der Waals surface area (Å²) in [6.07, 6.45) is 0. The van der Waals surface area contributed by atoms with Crippen molar-refractivity contribution in [3.8, 4) is 17.5 Å². The van der Waals surface area contributed by atoms with Crippen LogP contribution in [0.15, 0.2) is 28.8 Å². The van der Waals surface area contributed by atoms with E-state index in [1.54, 1.807) is 24.3 Å². The highest BCUT2D eigenvalue weighted by molar-refractivity contribution is 5.90. The van der Waals surface area contributed by atoms with Crippen LogP contribution in [-0.2, 0) is 0 Å². The number of benzene rings is 1. The van der Waals surface area contributed by atoms with Crippen molar-refractivity contribution in [1.29, 1.82) is 5.26 Å². The maximum atomic E-state index is 11.2. The number of rotatable bonds is 2. The molecule has 1 aromatic carbocycles. The Morgan fingerprint density at radius 3 is 3.06 bits per heavy atom. The van der Waals surface area contributed by atoms with E-state index >= 15 is 0 Å². The molecule has 0 spiro atoms. The molecule has 0 atom stereocenters. The third kappa shape index (κ3) is 2.13. The second-order valence-corrected chi connectivity index (χ2v) is 3.19. The number of nitrogens with one attached hydrogen (secondary N) is 1. The minimum absolute atomic E-state index is 0.0372.